The number of hydrogen-bond donors (Lipinski definition) is 0. The Bertz CT molecular complexity index is 572. The largest absolute Gasteiger partial charge is 0.459 e. The average molecular weight is 413 g/mol. The van der Waals surface area contributed by atoms with Crippen LogP contribution in [0.25, 0.3) is 0 Å². The SMILES string of the molecule is COC(=O)C#CC[C@@H]1CCC1(O[Si](C)(C)C(C)(C)C)O[Si](C)(C)C(C)(C)C. The molecule has 0 aromatic rings. The first-order chi connectivity index (χ1) is 12.0. The minimum Gasteiger partial charge on any atom is -0.459 e. The number of carbonyl (C=O) groups excluding carboxylic acids is 1. The fraction of sp³-hybridized carbons (Fsp3) is 0.857. The molecule has 0 heterocycles. The lowest BCUT2D eigenvalue weighted by atomic mass is 9.76. The summed E-state index contributed by atoms with van der Waals surface area (Å²) in [6.45, 7) is 22.6. The molecule has 1 atom stereocenters. The maximum Gasteiger partial charge on any atom is 0.384 e. The normalized spacial score (nSPS) is 20.3. The second kappa shape index (κ2) is 8.02. The fourth-order valence-electron chi connectivity index (χ4n) is 2.60. The van der Waals surface area contributed by atoms with E-state index in [9.17, 15) is 4.79 Å². The lowest BCUT2D eigenvalue weighted by Gasteiger charge is -2.58. The lowest BCUT2D eigenvalue weighted by Crippen LogP contribution is -2.63. The van der Waals surface area contributed by atoms with Crippen LogP contribution in [0.1, 0.15) is 60.8 Å². The van der Waals surface area contributed by atoms with Gasteiger partial charge in [0.2, 0.25) is 0 Å². The summed E-state index contributed by atoms with van der Waals surface area (Å²) < 4.78 is 18.5. The van der Waals surface area contributed by atoms with Gasteiger partial charge in [0, 0.05) is 24.7 Å². The first-order valence-corrected chi connectivity index (χ1v) is 15.8. The van der Waals surface area contributed by atoms with E-state index in [2.05, 4.69) is 84.3 Å². The molecule has 0 bridgehead atoms. The highest BCUT2D eigenvalue weighted by Gasteiger charge is 2.57. The predicted molar refractivity (Wildman–Crippen MR) is 116 cm³/mol. The molecular formula is C21H40O4Si2. The molecule has 0 unspecified atom stereocenters. The van der Waals surface area contributed by atoms with Crippen LogP contribution >= 0.6 is 0 Å². The summed E-state index contributed by atoms with van der Waals surface area (Å²) in [6, 6.07) is 0. The topological polar surface area (TPSA) is 44.8 Å². The summed E-state index contributed by atoms with van der Waals surface area (Å²) in [5.41, 5.74) is 0. The molecule has 1 rings (SSSR count). The third-order valence-corrected chi connectivity index (χ3v) is 15.6. The summed E-state index contributed by atoms with van der Waals surface area (Å²) in [5.74, 6) is 4.67. The van der Waals surface area contributed by atoms with Gasteiger partial charge in [-0.15, -0.1) is 0 Å². The zero-order valence-corrected chi connectivity index (χ0v) is 21.3. The van der Waals surface area contributed by atoms with Crippen LogP contribution in [0.4, 0.5) is 0 Å². The van der Waals surface area contributed by atoms with Gasteiger partial charge in [0.25, 0.3) is 0 Å². The van der Waals surface area contributed by atoms with Crippen molar-refractivity contribution >= 4 is 22.6 Å². The Morgan fingerprint density at radius 1 is 1.00 bits per heavy atom. The number of ether oxygens (including phenoxy) is 1. The van der Waals surface area contributed by atoms with Gasteiger partial charge in [0.15, 0.2) is 22.4 Å². The van der Waals surface area contributed by atoms with E-state index < -0.39 is 28.4 Å². The smallest absolute Gasteiger partial charge is 0.384 e. The van der Waals surface area contributed by atoms with Gasteiger partial charge in [-0.3, -0.25) is 0 Å². The highest BCUT2D eigenvalue weighted by molar-refractivity contribution is 6.75. The highest BCUT2D eigenvalue weighted by Crippen LogP contribution is 2.53. The van der Waals surface area contributed by atoms with E-state index in [1.165, 1.54) is 7.11 Å². The van der Waals surface area contributed by atoms with Crippen molar-refractivity contribution in [1.82, 2.24) is 0 Å². The first kappa shape index (κ1) is 24.4. The van der Waals surface area contributed by atoms with Gasteiger partial charge >= 0.3 is 5.97 Å². The highest BCUT2D eigenvalue weighted by atomic mass is 28.4. The van der Waals surface area contributed by atoms with Crippen molar-refractivity contribution < 1.29 is 18.4 Å². The van der Waals surface area contributed by atoms with E-state index in [0.717, 1.165) is 12.8 Å². The second-order valence-electron chi connectivity index (χ2n) is 10.8. The van der Waals surface area contributed by atoms with Gasteiger partial charge in [-0.2, -0.15) is 0 Å². The van der Waals surface area contributed by atoms with E-state index >= 15 is 0 Å². The maximum atomic E-state index is 11.3. The van der Waals surface area contributed by atoms with E-state index in [4.69, 9.17) is 8.85 Å². The Morgan fingerprint density at radius 3 is 1.74 bits per heavy atom. The third-order valence-electron chi connectivity index (χ3n) is 6.66. The molecule has 1 saturated carbocycles. The van der Waals surface area contributed by atoms with E-state index in [0.29, 0.717) is 6.42 Å². The van der Waals surface area contributed by atoms with Crippen LogP contribution in [0.2, 0.25) is 36.3 Å². The quantitative estimate of drug-likeness (QED) is 0.191. The summed E-state index contributed by atoms with van der Waals surface area (Å²) in [6.07, 6.45) is 2.51. The summed E-state index contributed by atoms with van der Waals surface area (Å²) >= 11 is 0. The van der Waals surface area contributed by atoms with Crippen molar-refractivity contribution in [1.29, 1.82) is 0 Å². The first-order valence-electron chi connectivity index (χ1n) is 9.95. The molecule has 0 saturated heterocycles. The van der Waals surface area contributed by atoms with Crippen molar-refractivity contribution in [2.75, 3.05) is 7.11 Å². The zero-order chi connectivity index (χ0) is 21.3. The van der Waals surface area contributed by atoms with Crippen LogP contribution in [-0.2, 0) is 18.4 Å². The second-order valence-corrected chi connectivity index (χ2v) is 20.2. The molecule has 27 heavy (non-hydrogen) atoms. The Labute approximate surface area is 169 Å². The standard InChI is InChI=1S/C21H40O4Si2/c1-19(2,3)26(8,9)24-21(25-27(10,11)20(4,5)6)16-15-17(21)13-12-14-18(22)23-7/h17H,13,15-16H2,1-11H3/t17-/m1/s1. The van der Waals surface area contributed by atoms with Crippen molar-refractivity contribution in [3.8, 4) is 11.8 Å². The third kappa shape index (κ3) is 5.69. The minimum absolute atomic E-state index is 0.106. The number of rotatable bonds is 5. The van der Waals surface area contributed by atoms with Gasteiger partial charge in [-0.05, 0) is 42.7 Å². The summed E-state index contributed by atoms with van der Waals surface area (Å²) in [5, 5.41) is 0.212. The average Bonchev–Trinajstić information content (AvgIpc) is 2.46. The fourth-order valence-corrected chi connectivity index (χ4v) is 5.64. The minimum atomic E-state index is -2.02. The van der Waals surface area contributed by atoms with Crippen molar-refractivity contribution in [3.05, 3.63) is 0 Å². The molecule has 1 aliphatic carbocycles. The van der Waals surface area contributed by atoms with Gasteiger partial charge in [-0.25, -0.2) is 4.79 Å². The molecule has 0 amide bonds. The Balaban J connectivity index is 3.17. The number of hydrogen-bond acceptors (Lipinski definition) is 4. The summed E-state index contributed by atoms with van der Waals surface area (Å²) in [7, 11) is -2.69. The van der Waals surface area contributed by atoms with Crippen molar-refractivity contribution in [2.45, 2.75) is 103 Å². The van der Waals surface area contributed by atoms with Gasteiger partial charge in [-0.1, -0.05) is 47.5 Å². The van der Waals surface area contributed by atoms with Crippen LogP contribution < -0.4 is 0 Å². The van der Waals surface area contributed by atoms with Crippen molar-refractivity contribution in [2.24, 2.45) is 5.92 Å². The van der Waals surface area contributed by atoms with Crippen LogP contribution in [0.5, 0.6) is 0 Å². The molecule has 0 radical (unpaired) electrons. The Morgan fingerprint density at radius 2 is 1.44 bits per heavy atom. The molecule has 0 spiro atoms. The van der Waals surface area contributed by atoms with Crippen LogP contribution in [0, 0.1) is 17.8 Å². The van der Waals surface area contributed by atoms with Crippen LogP contribution in [-0.4, -0.2) is 35.5 Å². The Hall–Kier alpha value is -0.616. The molecule has 1 aliphatic rings. The molecule has 6 heteroatoms. The molecule has 0 N–H and O–H groups in total. The predicted octanol–water partition coefficient (Wildman–Crippen LogP) is 5.70. The molecule has 0 aromatic carbocycles. The van der Waals surface area contributed by atoms with E-state index in [-0.39, 0.29) is 16.0 Å². The zero-order valence-electron chi connectivity index (χ0n) is 19.3. The number of methoxy groups -OCH3 is 1. The summed E-state index contributed by atoms with van der Waals surface area (Å²) in [4.78, 5) is 11.3. The molecule has 156 valence electrons. The van der Waals surface area contributed by atoms with Crippen molar-refractivity contribution in [3.63, 3.8) is 0 Å². The lowest BCUT2D eigenvalue weighted by molar-refractivity contribution is -0.228. The van der Waals surface area contributed by atoms with Gasteiger partial charge < -0.3 is 13.6 Å². The number of esters is 1. The molecule has 1 fully saturated rings. The van der Waals surface area contributed by atoms with Crippen LogP contribution in [0.15, 0.2) is 0 Å². The van der Waals surface area contributed by atoms with Crippen LogP contribution in [0.3, 0.4) is 0 Å². The number of carbonyl (C=O) groups is 1. The van der Waals surface area contributed by atoms with Gasteiger partial charge in [0.05, 0.1) is 7.11 Å². The maximum absolute atomic E-state index is 11.3. The molecule has 0 aromatic heterocycles. The van der Waals surface area contributed by atoms with E-state index in [1.54, 1.807) is 0 Å². The Kier molecular flexibility index (Phi) is 7.25. The molecular weight excluding hydrogens is 372 g/mol. The van der Waals surface area contributed by atoms with Gasteiger partial charge in [0.1, 0.15) is 0 Å². The molecule has 0 aliphatic heterocycles. The monoisotopic (exact) mass is 412 g/mol. The molecule has 4 nitrogen and oxygen atoms in total. The van der Waals surface area contributed by atoms with E-state index in [1.807, 2.05) is 0 Å².